The van der Waals surface area contributed by atoms with Crippen LogP contribution >= 0.6 is 0 Å². The van der Waals surface area contributed by atoms with Crippen molar-refractivity contribution in [1.29, 1.82) is 0 Å². The van der Waals surface area contributed by atoms with E-state index < -0.39 is 5.97 Å². The van der Waals surface area contributed by atoms with Crippen LogP contribution in [-0.2, 0) is 7.05 Å². The monoisotopic (exact) mass is 407 g/mol. The first-order valence-corrected chi connectivity index (χ1v) is 10.2. The number of rotatable bonds is 5. The van der Waals surface area contributed by atoms with Crippen LogP contribution in [0.25, 0.3) is 10.9 Å². The number of anilines is 2. The molecule has 1 atom stereocenters. The Morgan fingerprint density at radius 3 is 2.67 bits per heavy atom. The fraction of sp³-hybridized carbons (Fsp3) is 0.364. The highest BCUT2D eigenvalue weighted by atomic mass is 16.4. The Morgan fingerprint density at radius 1 is 1.17 bits per heavy atom. The van der Waals surface area contributed by atoms with Crippen molar-refractivity contribution in [2.24, 2.45) is 7.05 Å². The van der Waals surface area contributed by atoms with Crippen molar-refractivity contribution in [2.45, 2.75) is 32.2 Å². The molecule has 0 saturated carbocycles. The van der Waals surface area contributed by atoms with Crippen LogP contribution in [0.5, 0.6) is 0 Å². The number of nitrogens with zero attached hydrogens (tertiary/aromatic N) is 4. The molecule has 156 valence electrons. The number of piperidine rings is 1. The van der Waals surface area contributed by atoms with Crippen molar-refractivity contribution in [1.82, 2.24) is 14.5 Å². The van der Waals surface area contributed by atoms with E-state index in [9.17, 15) is 14.7 Å². The molecule has 0 unspecified atom stereocenters. The molecule has 30 heavy (non-hydrogen) atoms. The van der Waals surface area contributed by atoms with Gasteiger partial charge in [-0.25, -0.2) is 14.8 Å². The maximum absolute atomic E-state index is 13.1. The topological polar surface area (TPSA) is 100 Å². The highest BCUT2D eigenvalue weighted by Crippen LogP contribution is 2.27. The SMILES string of the molecule is C[C@@H](Nc1cccnc1C(=O)O)c1cccc2c(=O)n(C)c(N3CCCCC3)nc12. The Bertz CT molecular complexity index is 1150. The number of fused-ring (bicyclic) bond motifs is 1. The molecule has 1 aliphatic rings. The smallest absolute Gasteiger partial charge is 0.356 e. The van der Waals surface area contributed by atoms with Crippen LogP contribution in [0.15, 0.2) is 41.3 Å². The summed E-state index contributed by atoms with van der Waals surface area (Å²) in [4.78, 5) is 35.6. The van der Waals surface area contributed by atoms with Gasteiger partial charge >= 0.3 is 5.97 Å². The molecule has 2 N–H and O–H groups in total. The molecule has 8 heteroatoms. The number of pyridine rings is 1. The first-order valence-electron chi connectivity index (χ1n) is 10.2. The van der Waals surface area contributed by atoms with Crippen LogP contribution in [0.3, 0.4) is 0 Å². The molecule has 0 spiro atoms. The lowest BCUT2D eigenvalue weighted by Gasteiger charge is -2.29. The number of carbonyl (C=O) groups is 1. The summed E-state index contributed by atoms with van der Waals surface area (Å²) >= 11 is 0. The van der Waals surface area contributed by atoms with Crippen molar-refractivity contribution in [3.8, 4) is 0 Å². The van der Waals surface area contributed by atoms with Crippen LogP contribution in [0.1, 0.15) is 48.3 Å². The van der Waals surface area contributed by atoms with Gasteiger partial charge in [-0.05, 0) is 44.4 Å². The number of carboxylic acids is 1. The molecule has 3 aromatic rings. The average molecular weight is 407 g/mol. The van der Waals surface area contributed by atoms with Gasteiger partial charge in [0.05, 0.1) is 22.6 Å². The van der Waals surface area contributed by atoms with Gasteiger partial charge < -0.3 is 15.3 Å². The van der Waals surface area contributed by atoms with Gasteiger partial charge in [-0.15, -0.1) is 0 Å². The largest absolute Gasteiger partial charge is 0.476 e. The molecule has 0 bridgehead atoms. The van der Waals surface area contributed by atoms with Crippen molar-refractivity contribution in [3.63, 3.8) is 0 Å². The highest BCUT2D eigenvalue weighted by Gasteiger charge is 2.21. The number of benzene rings is 1. The molecule has 0 aliphatic carbocycles. The third kappa shape index (κ3) is 3.60. The molecule has 0 radical (unpaired) electrons. The van der Waals surface area contributed by atoms with Gasteiger partial charge in [-0.3, -0.25) is 9.36 Å². The van der Waals surface area contributed by atoms with E-state index in [1.54, 1.807) is 29.8 Å². The minimum absolute atomic E-state index is 0.0394. The van der Waals surface area contributed by atoms with Gasteiger partial charge in [0.15, 0.2) is 5.69 Å². The summed E-state index contributed by atoms with van der Waals surface area (Å²) < 4.78 is 1.62. The number of nitrogens with one attached hydrogen (secondary N) is 1. The zero-order chi connectivity index (χ0) is 21.3. The molecule has 1 saturated heterocycles. The Labute approximate surface area is 174 Å². The second-order valence-corrected chi connectivity index (χ2v) is 7.64. The van der Waals surface area contributed by atoms with Crippen LogP contribution in [0.4, 0.5) is 11.6 Å². The maximum atomic E-state index is 13.1. The van der Waals surface area contributed by atoms with Gasteiger partial charge in [0.1, 0.15) is 0 Å². The lowest BCUT2D eigenvalue weighted by molar-refractivity contribution is 0.0691. The molecule has 2 aromatic heterocycles. The fourth-order valence-corrected chi connectivity index (χ4v) is 4.03. The Morgan fingerprint density at radius 2 is 1.93 bits per heavy atom. The summed E-state index contributed by atoms with van der Waals surface area (Å²) in [7, 11) is 1.77. The van der Waals surface area contributed by atoms with Crippen molar-refractivity contribution in [3.05, 3.63) is 58.1 Å². The predicted molar refractivity (Wildman–Crippen MR) is 116 cm³/mol. The number of para-hydroxylation sites is 1. The highest BCUT2D eigenvalue weighted by molar-refractivity contribution is 5.92. The molecule has 3 heterocycles. The summed E-state index contributed by atoms with van der Waals surface area (Å²) in [5.41, 5.74) is 1.78. The second-order valence-electron chi connectivity index (χ2n) is 7.64. The van der Waals surface area contributed by atoms with E-state index in [-0.39, 0.29) is 17.3 Å². The van der Waals surface area contributed by atoms with E-state index in [1.807, 2.05) is 19.1 Å². The van der Waals surface area contributed by atoms with Crippen LogP contribution < -0.4 is 15.8 Å². The molecule has 0 amide bonds. The number of hydrogen-bond donors (Lipinski definition) is 2. The fourth-order valence-electron chi connectivity index (χ4n) is 4.03. The summed E-state index contributed by atoms with van der Waals surface area (Å²) in [6, 6.07) is 8.64. The maximum Gasteiger partial charge on any atom is 0.356 e. The molecule has 1 fully saturated rings. The Hall–Kier alpha value is -3.42. The zero-order valence-corrected chi connectivity index (χ0v) is 17.1. The van der Waals surface area contributed by atoms with E-state index in [0.717, 1.165) is 31.5 Å². The van der Waals surface area contributed by atoms with Crippen molar-refractivity contribution >= 4 is 28.5 Å². The van der Waals surface area contributed by atoms with Gasteiger partial charge in [0.25, 0.3) is 5.56 Å². The summed E-state index contributed by atoms with van der Waals surface area (Å²) in [5.74, 6) is -0.415. The standard InChI is InChI=1S/C22H25N5O3/c1-14(24-17-10-7-11-23-19(17)21(29)30)15-8-6-9-16-18(15)25-22(26(2)20(16)28)27-12-4-3-5-13-27/h6-11,14,24H,3-5,12-13H2,1-2H3,(H,29,30)/t14-/m1/s1. The lowest BCUT2D eigenvalue weighted by Crippen LogP contribution is -2.35. The lowest BCUT2D eigenvalue weighted by atomic mass is 10.0. The first kappa shape index (κ1) is 19.9. The molecule has 8 nitrogen and oxygen atoms in total. The van der Waals surface area contributed by atoms with Crippen LogP contribution in [0, 0.1) is 0 Å². The molecule has 4 rings (SSSR count). The minimum atomic E-state index is -1.09. The van der Waals surface area contributed by atoms with Crippen molar-refractivity contribution in [2.75, 3.05) is 23.3 Å². The number of hydrogen-bond acceptors (Lipinski definition) is 6. The van der Waals surface area contributed by atoms with Gasteiger partial charge in [0, 0.05) is 31.9 Å². The van der Waals surface area contributed by atoms with Gasteiger partial charge in [-0.2, -0.15) is 0 Å². The van der Waals surface area contributed by atoms with E-state index >= 15 is 0 Å². The summed E-state index contributed by atoms with van der Waals surface area (Å²) in [6.07, 6.45) is 4.83. The van der Waals surface area contributed by atoms with Gasteiger partial charge in [-0.1, -0.05) is 12.1 Å². The zero-order valence-electron chi connectivity index (χ0n) is 17.1. The molecule has 1 aromatic carbocycles. The first-order chi connectivity index (χ1) is 14.5. The number of aromatic carboxylic acids is 1. The van der Waals surface area contributed by atoms with Crippen LogP contribution in [0.2, 0.25) is 0 Å². The molecular weight excluding hydrogens is 382 g/mol. The summed E-state index contributed by atoms with van der Waals surface area (Å²) in [6.45, 7) is 3.70. The Kier molecular flexibility index (Phi) is 5.39. The van der Waals surface area contributed by atoms with Crippen molar-refractivity contribution < 1.29 is 9.90 Å². The normalized spacial score (nSPS) is 15.2. The summed E-state index contributed by atoms with van der Waals surface area (Å²) in [5, 5.41) is 13.2. The molecular formula is C22H25N5O3. The van der Waals surface area contributed by atoms with Crippen LogP contribution in [-0.4, -0.2) is 38.7 Å². The van der Waals surface area contributed by atoms with E-state index in [4.69, 9.17) is 4.98 Å². The second kappa shape index (κ2) is 8.14. The quantitative estimate of drug-likeness (QED) is 0.670. The molecule has 1 aliphatic heterocycles. The minimum Gasteiger partial charge on any atom is -0.476 e. The number of aromatic nitrogens is 3. The Balaban J connectivity index is 1.78. The van der Waals surface area contributed by atoms with E-state index in [1.165, 1.54) is 12.6 Å². The average Bonchev–Trinajstić information content (AvgIpc) is 2.76. The third-order valence-corrected chi connectivity index (χ3v) is 5.60. The van der Waals surface area contributed by atoms with Gasteiger partial charge in [0.2, 0.25) is 5.95 Å². The van der Waals surface area contributed by atoms with E-state index in [2.05, 4.69) is 15.2 Å². The third-order valence-electron chi connectivity index (χ3n) is 5.60. The van der Waals surface area contributed by atoms with E-state index in [0.29, 0.717) is 22.5 Å². The predicted octanol–water partition coefficient (Wildman–Crippen LogP) is 3.19. The number of carboxylic acid groups (broad SMARTS) is 1.